The summed E-state index contributed by atoms with van der Waals surface area (Å²) in [5, 5.41) is 15.0. The quantitative estimate of drug-likeness (QED) is 0.727. The number of carbonyl (C=O) groups is 1. The topological polar surface area (TPSA) is 121 Å². The fraction of sp³-hybridized carbons (Fsp3) is 0.167. The van der Waals surface area contributed by atoms with Crippen molar-refractivity contribution in [1.82, 2.24) is 10.2 Å². The van der Waals surface area contributed by atoms with Crippen molar-refractivity contribution in [3.8, 4) is 5.75 Å². The van der Waals surface area contributed by atoms with E-state index in [9.17, 15) is 13.2 Å². The summed E-state index contributed by atoms with van der Waals surface area (Å²) in [5.41, 5.74) is 0.393. The lowest BCUT2D eigenvalue weighted by molar-refractivity contribution is -0.136. The van der Waals surface area contributed by atoms with Gasteiger partial charge in [0.15, 0.2) is 0 Å². The summed E-state index contributed by atoms with van der Waals surface area (Å²) in [7, 11) is -2.50. The number of aromatic nitrogens is 2. The Morgan fingerprint density at radius 3 is 2.81 bits per heavy atom. The molecule has 0 aliphatic carbocycles. The maximum Gasteiger partial charge on any atom is 0.307 e. The summed E-state index contributed by atoms with van der Waals surface area (Å²) in [6.07, 6.45) is 2.24. The van der Waals surface area contributed by atoms with Crippen molar-refractivity contribution < 1.29 is 23.1 Å². The van der Waals surface area contributed by atoms with Gasteiger partial charge in [-0.2, -0.15) is 5.10 Å². The Kier molecular flexibility index (Phi) is 4.13. The Morgan fingerprint density at radius 2 is 2.24 bits per heavy atom. The van der Waals surface area contributed by atoms with E-state index in [1.165, 1.54) is 37.7 Å². The number of aromatic amines is 1. The molecule has 112 valence electrons. The zero-order valence-corrected chi connectivity index (χ0v) is 11.8. The number of sulfonamides is 1. The molecule has 2 rings (SSSR count). The maximum absolute atomic E-state index is 12.3. The van der Waals surface area contributed by atoms with Crippen LogP contribution in [0.15, 0.2) is 35.5 Å². The van der Waals surface area contributed by atoms with Crippen molar-refractivity contribution in [1.29, 1.82) is 0 Å². The molecule has 0 aliphatic heterocycles. The summed E-state index contributed by atoms with van der Waals surface area (Å²) >= 11 is 0. The number of hydrogen-bond donors (Lipinski definition) is 3. The molecule has 0 amide bonds. The molecule has 3 N–H and O–H groups in total. The minimum Gasteiger partial charge on any atom is -0.497 e. The molecule has 2 aromatic rings. The van der Waals surface area contributed by atoms with Crippen molar-refractivity contribution in [3.63, 3.8) is 0 Å². The molecular formula is C12H13N3O5S. The fourth-order valence-corrected chi connectivity index (χ4v) is 3.02. The van der Waals surface area contributed by atoms with E-state index in [2.05, 4.69) is 14.9 Å². The minimum absolute atomic E-state index is 0.119. The number of H-pyrrole nitrogens is 1. The van der Waals surface area contributed by atoms with Crippen molar-refractivity contribution in [3.05, 3.63) is 36.2 Å². The van der Waals surface area contributed by atoms with E-state index < -0.39 is 22.4 Å². The third-order valence-electron chi connectivity index (χ3n) is 2.65. The molecule has 8 nitrogen and oxygen atoms in total. The van der Waals surface area contributed by atoms with Crippen LogP contribution in [0.5, 0.6) is 5.75 Å². The van der Waals surface area contributed by atoms with E-state index in [1.807, 2.05) is 0 Å². The predicted octanol–water partition coefficient (Wildman–Crippen LogP) is 0.846. The Labute approximate surface area is 120 Å². The van der Waals surface area contributed by atoms with Gasteiger partial charge < -0.3 is 9.84 Å². The average Bonchev–Trinajstić information content (AvgIpc) is 2.89. The summed E-state index contributed by atoms with van der Waals surface area (Å²) in [4.78, 5) is 10.8. The van der Waals surface area contributed by atoms with Crippen LogP contribution in [0.1, 0.15) is 5.56 Å². The van der Waals surface area contributed by atoms with Crippen molar-refractivity contribution in [2.45, 2.75) is 11.3 Å². The van der Waals surface area contributed by atoms with Gasteiger partial charge >= 0.3 is 5.97 Å². The molecule has 1 aromatic carbocycles. The SMILES string of the molecule is COc1ccc(S(=O)(=O)Nc2cn[nH]c2)c(CC(=O)O)c1. The second-order valence-corrected chi connectivity index (χ2v) is 5.79. The zero-order valence-electron chi connectivity index (χ0n) is 11.0. The van der Waals surface area contributed by atoms with Crippen LogP contribution in [0.3, 0.4) is 0 Å². The summed E-state index contributed by atoms with van der Waals surface area (Å²) < 4.78 is 31.9. The van der Waals surface area contributed by atoms with E-state index in [0.717, 1.165) is 0 Å². The first kappa shape index (κ1) is 14.9. The Hall–Kier alpha value is -2.55. The van der Waals surface area contributed by atoms with E-state index in [-0.39, 0.29) is 16.1 Å². The van der Waals surface area contributed by atoms with Gasteiger partial charge in [-0.15, -0.1) is 0 Å². The molecule has 9 heteroatoms. The van der Waals surface area contributed by atoms with Gasteiger partial charge in [-0.3, -0.25) is 14.6 Å². The van der Waals surface area contributed by atoms with Gasteiger partial charge in [0.25, 0.3) is 10.0 Å². The second kappa shape index (κ2) is 5.83. The average molecular weight is 311 g/mol. The van der Waals surface area contributed by atoms with E-state index in [1.54, 1.807) is 0 Å². The van der Waals surface area contributed by atoms with Crippen LogP contribution < -0.4 is 9.46 Å². The predicted molar refractivity (Wildman–Crippen MR) is 73.7 cm³/mol. The highest BCUT2D eigenvalue weighted by Gasteiger charge is 2.21. The number of rotatable bonds is 6. The lowest BCUT2D eigenvalue weighted by Crippen LogP contribution is -2.16. The number of nitrogens with one attached hydrogen (secondary N) is 2. The lowest BCUT2D eigenvalue weighted by Gasteiger charge is -2.11. The third kappa shape index (κ3) is 3.51. The monoisotopic (exact) mass is 311 g/mol. The summed E-state index contributed by atoms with van der Waals surface area (Å²) in [6, 6.07) is 4.15. The van der Waals surface area contributed by atoms with Crippen LogP contribution in [-0.2, 0) is 21.2 Å². The maximum atomic E-state index is 12.3. The molecule has 1 heterocycles. The first-order valence-electron chi connectivity index (χ1n) is 5.82. The lowest BCUT2D eigenvalue weighted by atomic mass is 10.1. The highest BCUT2D eigenvalue weighted by atomic mass is 32.2. The number of anilines is 1. The van der Waals surface area contributed by atoms with Gasteiger partial charge in [-0.25, -0.2) is 8.42 Å². The molecular weight excluding hydrogens is 298 g/mol. The second-order valence-electron chi connectivity index (χ2n) is 4.14. The molecule has 1 aromatic heterocycles. The number of carboxylic acids is 1. The Balaban J connectivity index is 2.43. The number of hydrogen-bond acceptors (Lipinski definition) is 5. The van der Waals surface area contributed by atoms with Crippen LogP contribution in [-0.4, -0.2) is 36.8 Å². The van der Waals surface area contributed by atoms with E-state index >= 15 is 0 Å². The largest absolute Gasteiger partial charge is 0.497 e. The molecule has 0 saturated heterocycles. The number of methoxy groups -OCH3 is 1. The third-order valence-corrected chi connectivity index (χ3v) is 4.13. The van der Waals surface area contributed by atoms with Crippen LogP contribution >= 0.6 is 0 Å². The molecule has 21 heavy (non-hydrogen) atoms. The molecule has 0 saturated carbocycles. The Bertz CT molecular complexity index is 740. The van der Waals surface area contributed by atoms with Crippen LogP contribution in [0.25, 0.3) is 0 Å². The number of ether oxygens (including phenoxy) is 1. The van der Waals surface area contributed by atoms with Crippen LogP contribution in [0, 0.1) is 0 Å². The molecule has 0 fully saturated rings. The normalized spacial score (nSPS) is 11.1. The van der Waals surface area contributed by atoms with Gasteiger partial charge in [0.05, 0.1) is 30.3 Å². The first-order valence-corrected chi connectivity index (χ1v) is 7.31. The van der Waals surface area contributed by atoms with E-state index in [4.69, 9.17) is 9.84 Å². The van der Waals surface area contributed by atoms with Crippen LogP contribution in [0.2, 0.25) is 0 Å². The molecule has 0 aliphatic rings. The number of nitrogens with zero attached hydrogens (tertiary/aromatic N) is 1. The molecule has 0 unspecified atom stereocenters. The highest BCUT2D eigenvalue weighted by molar-refractivity contribution is 7.92. The number of benzene rings is 1. The minimum atomic E-state index is -3.91. The van der Waals surface area contributed by atoms with Gasteiger partial charge in [0, 0.05) is 6.20 Å². The van der Waals surface area contributed by atoms with Crippen molar-refractivity contribution in [2.24, 2.45) is 0 Å². The first-order chi connectivity index (χ1) is 9.92. The summed E-state index contributed by atoms with van der Waals surface area (Å²) in [5.74, 6) is -0.753. The number of aliphatic carboxylic acids is 1. The number of carboxylic acid groups (broad SMARTS) is 1. The molecule has 0 spiro atoms. The molecule has 0 radical (unpaired) electrons. The summed E-state index contributed by atoms with van der Waals surface area (Å²) in [6.45, 7) is 0. The smallest absolute Gasteiger partial charge is 0.307 e. The van der Waals surface area contributed by atoms with Crippen molar-refractivity contribution in [2.75, 3.05) is 11.8 Å². The van der Waals surface area contributed by atoms with Gasteiger partial charge in [0.1, 0.15) is 5.75 Å². The zero-order chi connectivity index (χ0) is 15.5. The van der Waals surface area contributed by atoms with Crippen molar-refractivity contribution >= 4 is 21.7 Å². The molecule has 0 atom stereocenters. The van der Waals surface area contributed by atoms with E-state index in [0.29, 0.717) is 5.75 Å². The highest BCUT2D eigenvalue weighted by Crippen LogP contribution is 2.24. The standard InChI is InChI=1S/C12H13N3O5S/c1-20-10-2-3-11(8(4-10)5-12(16)17)21(18,19)15-9-6-13-14-7-9/h2-4,6-7,15H,5H2,1H3,(H,13,14)(H,16,17). The van der Waals surface area contributed by atoms with Gasteiger partial charge in [-0.05, 0) is 23.8 Å². The van der Waals surface area contributed by atoms with Gasteiger partial charge in [-0.1, -0.05) is 0 Å². The fourth-order valence-electron chi connectivity index (χ4n) is 1.76. The van der Waals surface area contributed by atoms with Crippen LogP contribution in [0.4, 0.5) is 5.69 Å². The van der Waals surface area contributed by atoms with Gasteiger partial charge in [0.2, 0.25) is 0 Å². The molecule has 0 bridgehead atoms. The Morgan fingerprint density at radius 1 is 1.48 bits per heavy atom.